The molecule has 0 aromatic heterocycles. The third kappa shape index (κ3) is 5.51. The highest BCUT2D eigenvalue weighted by atomic mass is 19.4. The van der Waals surface area contributed by atoms with Crippen molar-refractivity contribution in [2.75, 3.05) is 30.9 Å². The maximum Gasteiger partial charge on any atom is 0.391 e. The number of nitrogens with zero attached hydrogens (tertiary/aromatic N) is 2. The molecular formula is C22H31F3N4O4. The summed E-state index contributed by atoms with van der Waals surface area (Å²) in [5.41, 5.74) is -0.963. The summed E-state index contributed by atoms with van der Waals surface area (Å²) in [7, 11) is 3.21. The van der Waals surface area contributed by atoms with Crippen molar-refractivity contribution >= 4 is 23.0 Å². The first kappa shape index (κ1) is 25.1. The summed E-state index contributed by atoms with van der Waals surface area (Å²) < 4.78 is 39.0. The molecule has 0 radical (unpaired) electrons. The van der Waals surface area contributed by atoms with Crippen LogP contribution in [0.4, 0.5) is 30.2 Å². The molecule has 0 unspecified atom stereocenters. The fraction of sp³-hybridized carbons (Fsp3) is 0.682. The summed E-state index contributed by atoms with van der Waals surface area (Å²) in [6.07, 6.45) is -2.69. The van der Waals surface area contributed by atoms with Crippen molar-refractivity contribution in [1.29, 1.82) is 0 Å². The third-order valence-electron chi connectivity index (χ3n) is 6.80. The van der Waals surface area contributed by atoms with Gasteiger partial charge in [0.05, 0.1) is 27.7 Å². The minimum Gasteiger partial charge on any atom is -0.389 e. The van der Waals surface area contributed by atoms with Crippen LogP contribution in [-0.2, 0) is 0 Å². The molecule has 11 heteroatoms. The van der Waals surface area contributed by atoms with Crippen LogP contribution in [0.15, 0.2) is 12.1 Å². The van der Waals surface area contributed by atoms with Crippen LogP contribution >= 0.6 is 0 Å². The Hall–Kier alpha value is -2.56. The number of likely N-dealkylation sites (N-methyl/N-ethyl adjacent to an activating group) is 1. The number of alkyl halides is 3. The number of nitro groups is 1. The number of hydrogen-bond donors (Lipinski definition) is 3. The Morgan fingerprint density at radius 2 is 1.91 bits per heavy atom. The Morgan fingerprint density at radius 3 is 2.39 bits per heavy atom. The molecule has 3 rings (SSSR count). The van der Waals surface area contributed by atoms with Crippen molar-refractivity contribution in [3.63, 3.8) is 0 Å². The molecule has 2 fully saturated rings. The molecule has 0 saturated heterocycles. The maximum absolute atomic E-state index is 13.2. The molecule has 33 heavy (non-hydrogen) atoms. The number of halogens is 3. The van der Waals surface area contributed by atoms with Crippen molar-refractivity contribution in [2.45, 2.75) is 63.8 Å². The van der Waals surface area contributed by atoms with E-state index < -0.39 is 28.5 Å². The minimum absolute atomic E-state index is 0.0534. The number of carbonyl (C=O) groups is 1. The number of anilines is 2. The molecule has 2 saturated carbocycles. The van der Waals surface area contributed by atoms with E-state index in [4.69, 9.17) is 0 Å². The van der Waals surface area contributed by atoms with Crippen molar-refractivity contribution in [2.24, 2.45) is 11.3 Å². The zero-order valence-corrected chi connectivity index (χ0v) is 19.3. The van der Waals surface area contributed by atoms with Gasteiger partial charge in [0, 0.05) is 32.7 Å². The van der Waals surface area contributed by atoms with Gasteiger partial charge in [0.2, 0.25) is 0 Å². The SMILES string of the molecule is CNc1cc(N(C)CC(C)(C)O)c(C(=O)N[C@@H]2CC23CCC(C(F)(F)F)CC3)cc1[N+](=O)[O-]. The van der Waals surface area contributed by atoms with Crippen LogP contribution in [0.2, 0.25) is 0 Å². The smallest absolute Gasteiger partial charge is 0.389 e. The van der Waals surface area contributed by atoms with Gasteiger partial charge in [-0.15, -0.1) is 0 Å². The summed E-state index contributed by atoms with van der Waals surface area (Å²) in [6.45, 7) is 3.39. The Labute approximate surface area is 190 Å². The van der Waals surface area contributed by atoms with E-state index in [1.807, 2.05) is 0 Å². The molecule has 8 nitrogen and oxygen atoms in total. The zero-order chi connectivity index (χ0) is 24.8. The van der Waals surface area contributed by atoms with Crippen molar-refractivity contribution < 1.29 is 28.0 Å². The number of rotatable bonds is 7. The predicted octanol–water partition coefficient (Wildman–Crippen LogP) is 4.08. The number of nitro benzene ring substituents is 1. The number of hydrogen-bond acceptors (Lipinski definition) is 6. The lowest BCUT2D eigenvalue weighted by atomic mass is 9.79. The lowest BCUT2D eigenvalue weighted by Gasteiger charge is -2.31. The van der Waals surface area contributed by atoms with Crippen LogP contribution in [0.1, 0.15) is 56.3 Å². The van der Waals surface area contributed by atoms with E-state index in [1.54, 1.807) is 25.8 Å². The van der Waals surface area contributed by atoms with Crippen LogP contribution in [-0.4, -0.2) is 54.4 Å². The normalized spacial score (nSPS) is 25.0. The molecule has 0 aliphatic heterocycles. The van der Waals surface area contributed by atoms with Crippen molar-refractivity contribution in [3.05, 3.63) is 27.8 Å². The third-order valence-corrected chi connectivity index (χ3v) is 6.80. The highest BCUT2D eigenvalue weighted by Crippen LogP contribution is 2.59. The van der Waals surface area contributed by atoms with Gasteiger partial charge in [-0.1, -0.05) is 0 Å². The average molecular weight is 473 g/mol. The molecule has 2 aliphatic carbocycles. The molecular weight excluding hydrogens is 441 g/mol. The minimum atomic E-state index is -4.19. The summed E-state index contributed by atoms with van der Waals surface area (Å²) in [5.74, 6) is -1.81. The van der Waals surface area contributed by atoms with E-state index in [1.165, 1.54) is 19.2 Å². The largest absolute Gasteiger partial charge is 0.391 e. The van der Waals surface area contributed by atoms with Gasteiger partial charge in [0.1, 0.15) is 5.69 Å². The molecule has 0 bridgehead atoms. The topological polar surface area (TPSA) is 108 Å². The first-order valence-corrected chi connectivity index (χ1v) is 11.0. The van der Waals surface area contributed by atoms with Crippen LogP contribution in [0.25, 0.3) is 0 Å². The summed E-state index contributed by atoms with van der Waals surface area (Å²) in [5, 5.41) is 27.4. The van der Waals surface area contributed by atoms with Crippen LogP contribution in [0.5, 0.6) is 0 Å². The highest BCUT2D eigenvalue weighted by Gasteiger charge is 2.58. The van der Waals surface area contributed by atoms with E-state index in [2.05, 4.69) is 10.6 Å². The average Bonchev–Trinajstić information content (AvgIpc) is 3.35. The Bertz CT molecular complexity index is 921. The monoisotopic (exact) mass is 472 g/mol. The van der Waals surface area contributed by atoms with Crippen molar-refractivity contribution in [3.8, 4) is 0 Å². The molecule has 1 aromatic carbocycles. The summed E-state index contributed by atoms with van der Waals surface area (Å²) in [4.78, 5) is 25.8. The van der Waals surface area contributed by atoms with E-state index in [9.17, 15) is 33.2 Å². The second-order valence-electron chi connectivity index (χ2n) is 9.97. The quantitative estimate of drug-likeness (QED) is 0.408. The molecule has 184 valence electrons. The van der Waals surface area contributed by atoms with E-state index in [0.29, 0.717) is 24.9 Å². The molecule has 1 aromatic rings. The summed E-state index contributed by atoms with van der Waals surface area (Å²) >= 11 is 0. The molecule has 1 spiro atoms. The van der Waals surface area contributed by atoms with Gasteiger partial charge < -0.3 is 20.6 Å². The molecule has 0 heterocycles. The lowest BCUT2D eigenvalue weighted by molar-refractivity contribution is -0.383. The van der Waals surface area contributed by atoms with Gasteiger partial charge >= 0.3 is 6.18 Å². The van der Waals surface area contributed by atoms with Crippen LogP contribution < -0.4 is 15.5 Å². The van der Waals surface area contributed by atoms with Crippen molar-refractivity contribution in [1.82, 2.24) is 5.32 Å². The highest BCUT2D eigenvalue weighted by molar-refractivity contribution is 6.02. The second kappa shape index (κ2) is 8.66. The van der Waals surface area contributed by atoms with Gasteiger partial charge in [-0.3, -0.25) is 14.9 Å². The number of nitrogens with one attached hydrogen (secondary N) is 2. The van der Waals surface area contributed by atoms with Gasteiger partial charge in [-0.05, 0) is 57.4 Å². The van der Waals surface area contributed by atoms with E-state index >= 15 is 0 Å². The first-order valence-electron chi connectivity index (χ1n) is 11.0. The number of benzene rings is 1. The maximum atomic E-state index is 13.2. The number of aliphatic hydroxyl groups is 1. The molecule has 3 N–H and O–H groups in total. The fourth-order valence-electron chi connectivity index (χ4n) is 4.95. The zero-order valence-electron chi connectivity index (χ0n) is 19.3. The fourth-order valence-corrected chi connectivity index (χ4v) is 4.95. The van der Waals surface area contributed by atoms with E-state index in [0.717, 1.165) is 0 Å². The Morgan fingerprint density at radius 1 is 1.30 bits per heavy atom. The van der Waals surface area contributed by atoms with Gasteiger partial charge in [-0.25, -0.2) is 0 Å². The Balaban J connectivity index is 1.82. The van der Waals surface area contributed by atoms with Gasteiger partial charge in [-0.2, -0.15) is 13.2 Å². The summed E-state index contributed by atoms with van der Waals surface area (Å²) in [6, 6.07) is 2.44. The standard InChI is InChI=1S/C22H31F3N4O4/c1-20(2,31)12-28(4)16-10-15(26-3)17(29(32)33)9-14(16)19(30)27-18-11-21(18)7-5-13(6-8-21)22(23,24)25/h9-10,13,18,26,31H,5-8,11-12H2,1-4H3,(H,27,30)/t13?,18-,21?/m1/s1. The van der Waals surface area contributed by atoms with E-state index in [-0.39, 0.29) is 47.8 Å². The molecule has 1 atom stereocenters. The van der Waals surface area contributed by atoms with Gasteiger partial charge in [0.25, 0.3) is 11.6 Å². The first-order chi connectivity index (χ1) is 15.2. The lowest BCUT2D eigenvalue weighted by Crippen LogP contribution is -2.38. The second-order valence-corrected chi connectivity index (χ2v) is 9.97. The number of carbonyl (C=O) groups excluding carboxylic acids is 1. The van der Waals surface area contributed by atoms with Crippen LogP contribution in [0, 0.1) is 21.4 Å². The van der Waals surface area contributed by atoms with Crippen LogP contribution in [0.3, 0.4) is 0 Å². The molecule has 1 amide bonds. The predicted molar refractivity (Wildman–Crippen MR) is 119 cm³/mol. The number of amides is 1. The van der Waals surface area contributed by atoms with Gasteiger partial charge in [0.15, 0.2) is 0 Å². The molecule has 2 aliphatic rings. The Kier molecular flexibility index (Phi) is 6.58.